The minimum Gasteiger partial charge on any atom is -0.492 e. The van der Waals surface area contributed by atoms with Gasteiger partial charge >= 0.3 is 5.97 Å². The van der Waals surface area contributed by atoms with Crippen molar-refractivity contribution >= 4 is 28.4 Å². The molecule has 168 valence electrons. The molecule has 0 spiro atoms. The maximum atomic E-state index is 15.4. The van der Waals surface area contributed by atoms with Crippen LogP contribution in [-0.4, -0.2) is 44.2 Å². The van der Waals surface area contributed by atoms with Crippen LogP contribution in [0.15, 0.2) is 17.1 Å². The van der Waals surface area contributed by atoms with Gasteiger partial charge in [0.2, 0.25) is 5.43 Å². The average Bonchev–Trinajstić information content (AvgIpc) is 3.46. The number of benzene rings is 1. The molecule has 1 aliphatic carbocycles. The summed E-state index contributed by atoms with van der Waals surface area (Å²) in [6.07, 6.45) is 2.99. The van der Waals surface area contributed by atoms with Crippen LogP contribution in [-0.2, 0) is 19.6 Å². The average molecular weight is 443 g/mol. The zero-order valence-electron chi connectivity index (χ0n) is 17.3. The SMILES string of the molecule is COc1c(N2Cc3nn(CCO)c(N)c3C2)c(F)cc2c(=O)c(C(=O)O)cn(C3CC3)c12. The highest BCUT2D eigenvalue weighted by atomic mass is 19.1. The van der Waals surface area contributed by atoms with Crippen molar-refractivity contribution in [3.63, 3.8) is 0 Å². The first-order valence-corrected chi connectivity index (χ1v) is 10.2. The number of methoxy groups -OCH3 is 1. The Morgan fingerprint density at radius 3 is 2.72 bits per heavy atom. The van der Waals surface area contributed by atoms with Gasteiger partial charge < -0.3 is 30.2 Å². The van der Waals surface area contributed by atoms with Crippen LogP contribution in [0.4, 0.5) is 15.9 Å². The van der Waals surface area contributed by atoms with E-state index < -0.39 is 22.8 Å². The summed E-state index contributed by atoms with van der Waals surface area (Å²) >= 11 is 0. The second kappa shape index (κ2) is 7.23. The number of nitrogens with zero attached hydrogens (tertiary/aromatic N) is 4. The third-order valence-corrected chi connectivity index (χ3v) is 6.07. The van der Waals surface area contributed by atoms with Crippen LogP contribution in [0.5, 0.6) is 5.75 Å². The quantitative estimate of drug-likeness (QED) is 0.521. The van der Waals surface area contributed by atoms with Crippen molar-refractivity contribution in [1.82, 2.24) is 14.3 Å². The molecule has 10 nitrogen and oxygen atoms in total. The van der Waals surface area contributed by atoms with Gasteiger partial charge in [0.1, 0.15) is 17.1 Å². The Kier molecular flexibility index (Phi) is 4.59. The molecule has 11 heteroatoms. The normalized spacial score (nSPS) is 15.4. The van der Waals surface area contributed by atoms with E-state index in [9.17, 15) is 14.7 Å². The minimum absolute atomic E-state index is 0.0242. The number of aromatic nitrogens is 3. The highest BCUT2D eigenvalue weighted by Crippen LogP contribution is 2.45. The van der Waals surface area contributed by atoms with Crippen LogP contribution in [0.1, 0.15) is 40.5 Å². The first kappa shape index (κ1) is 20.3. The van der Waals surface area contributed by atoms with Crippen LogP contribution in [0.3, 0.4) is 0 Å². The highest BCUT2D eigenvalue weighted by molar-refractivity contribution is 5.97. The van der Waals surface area contributed by atoms with E-state index in [2.05, 4.69) is 5.10 Å². The number of carboxylic acid groups (broad SMARTS) is 1. The smallest absolute Gasteiger partial charge is 0.341 e. The van der Waals surface area contributed by atoms with Gasteiger partial charge in [0, 0.05) is 24.3 Å². The summed E-state index contributed by atoms with van der Waals surface area (Å²) in [6.45, 7) is 0.731. The summed E-state index contributed by atoms with van der Waals surface area (Å²) in [5, 5.41) is 23.0. The first-order valence-electron chi connectivity index (χ1n) is 10.2. The summed E-state index contributed by atoms with van der Waals surface area (Å²) in [5.41, 5.74) is 6.99. The van der Waals surface area contributed by atoms with Gasteiger partial charge in [-0.15, -0.1) is 0 Å². The largest absolute Gasteiger partial charge is 0.492 e. The molecule has 5 rings (SSSR count). The van der Waals surface area contributed by atoms with E-state index in [0.717, 1.165) is 24.5 Å². The van der Waals surface area contributed by atoms with E-state index in [1.807, 2.05) is 0 Å². The molecule has 3 heterocycles. The summed E-state index contributed by atoms with van der Waals surface area (Å²) in [4.78, 5) is 26.1. The zero-order chi connectivity index (χ0) is 22.7. The Bertz CT molecular complexity index is 1330. The Labute approximate surface area is 181 Å². The molecule has 1 fully saturated rings. The van der Waals surface area contributed by atoms with Crippen LogP contribution in [0.2, 0.25) is 0 Å². The number of pyridine rings is 1. The number of hydrogen-bond donors (Lipinski definition) is 3. The van der Waals surface area contributed by atoms with Crippen LogP contribution < -0.4 is 20.8 Å². The van der Waals surface area contributed by atoms with Crippen LogP contribution in [0, 0.1) is 5.82 Å². The monoisotopic (exact) mass is 443 g/mol. The van der Waals surface area contributed by atoms with Crippen molar-refractivity contribution in [2.45, 2.75) is 38.5 Å². The molecule has 1 saturated carbocycles. The molecule has 0 saturated heterocycles. The maximum Gasteiger partial charge on any atom is 0.341 e. The van der Waals surface area contributed by atoms with E-state index in [0.29, 0.717) is 17.0 Å². The Morgan fingerprint density at radius 2 is 2.12 bits per heavy atom. The van der Waals surface area contributed by atoms with Gasteiger partial charge in [-0.25, -0.2) is 13.9 Å². The molecule has 2 aromatic heterocycles. The lowest BCUT2D eigenvalue weighted by Crippen LogP contribution is -2.23. The van der Waals surface area contributed by atoms with Crippen molar-refractivity contribution in [2.75, 3.05) is 24.4 Å². The van der Waals surface area contributed by atoms with Crippen molar-refractivity contribution in [3.05, 3.63) is 45.1 Å². The van der Waals surface area contributed by atoms with E-state index in [-0.39, 0.29) is 49.1 Å². The second-order valence-electron chi connectivity index (χ2n) is 8.07. The summed E-state index contributed by atoms with van der Waals surface area (Å²) in [5.74, 6) is -1.45. The lowest BCUT2D eigenvalue weighted by Gasteiger charge is -2.24. The molecule has 32 heavy (non-hydrogen) atoms. The summed E-state index contributed by atoms with van der Waals surface area (Å²) < 4.78 is 24.3. The number of aromatic carboxylic acids is 1. The molecule has 0 amide bonds. The molecule has 3 aromatic rings. The number of rotatable bonds is 6. The molecule has 2 aliphatic rings. The number of fused-ring (bicyclic) bond motifs is 2. The number of hydrogen-bond acceptors (Lipinski definition) is 7. The van der Waals surface area contributed by atoms with Gasteiger partial charge in [-0.2, -0.15) is 5.10 Å². The molecule has 0 bridgehead atoms. The molecule has 1 aliphatic heterocycles. The molecular weight excluding hydrogens is 421 g/mol. The lowest BCUT2D eigenvalue weighted by atomic mass is 10.1. The Morgan fingerprint density at radius 1 is 1.38 bits per heavy atom. The van der Waals surface area contributed by atoms with Crippen LogP contribution in [0.25, 0.3) is 10.9 Å². The van der Waals surface area contributed by atoms with Gasteiger partial charge in [0.05, 0.1) is 43.4 Å². The number of anilines is 2. The number of halogens is 1. The standard InChI is InChI=1S/C21H22FN5O5/c1-32-19-16-11(18(29)13(21(30)31)8-26(16)10-2-3-10)6-14(22)17(19)25-7-12-15(9-25)24-27(4-5-28)20(12)23/h6,8,10,28H,2-5,7,9,23H2,1H3,(H,30,31). The fourth-order valence-electron chi connectivity index (χ4n) is 4.44. The van der Waals surface area contributed by atoms with Crippen LogP contribution >= 0.6 is 0 Å². The number of carboxylic acids is 1. The van der Waals surface area contributed by atoms with E-state index >= 15 is 4.39 Å². The van der Waals surface area contributed by atoms with Gasteiger partial charge in [0.15, 0.2) is 11.6 Å². The Hall–Kier alpha value is -3.60. The predicted octanol–water partition coefficient (Wildman–Crippen LogP) is 1.47. The number of nitrogen functional groups attached to an aromatic ring is 1. The number of aliphatic hydroxyl groups is 1. The van der Waals surface area contributed by atoms with E-state index in [1.54, 1.807) is 9.47 Å². The van der Waals surface area contributed by atoms with Crippen molar-refractivity contribution in [1.29, 1.82) is 0 Å². The van der Waals surface area contributed by atoms with Gasteiger partial charge in [-0.3, -0.25) is 4.79 Å². The number of carbonyl (C=O) groups is 1. The van der Waals surface area contributed by atoms with Gasteiger partial charge in [0.25, 0.3) is 0 Å². The van der Waals surface area contributed by atoms with E-state index in [1.165, 1.54) is 18.0 Å². The summed E-state index contributed by atoms with van der Waals surface area (Å²) in [7, 11) is 1.40. The number of nitrogens with two attached hydrogens (primary N) is 1. The molecule has 0 unspecified atom stereocenters. The third kappa shape index (κ3) is 2.92. The van der Waals surface area contributed by atoms with E-state index in [4.69, 9.17) is 15.6 Å². The number of aliphatic hydroxyl groups excluding tert-OH is 1. The predicted molar refractivity (Wildman–Crippen MR) is 114 cm³/mol. The Balaban J connectivity index is 1.69. The zero-order valence-corrected chi connectivity index (χ0v) is 17.3. The fourth-order valence-corrected chi connectivity index (χ4v) is 4.44. The van der Waals surface area contributed by atoms with Gasteiger partial charge in [-0.05, 0) is 18.9 Å². The molecule has 0 radical (unpaired) electrons. The van der Waals surface area contributed by atoms with Gasteiger partial charge in [-0.1, -0.05) is 0 Å². The lowest BCUT2D eigenvalue weighted by molar-refractivity contribution is 0.0694. The fraction of sp³-hybridized carbons (Fsp3) is 0.381. The topological polar surface area (TPSA) is 136 Å². The summed E-state index contributed by atoms with van der Waals surface area (Å²) in [6, 6.07) is 1.11. The maximum absolute atomic E-state index is 15.4. The minimum atomic E-state index is -1.35. The molecule has 0 atom stereocenters. The third-order valence-electron chi connectivity index (χ3n) is 6.07. The second-order valence-corrected chi connectivity index (χ2v) is 8.07. The van der Waals surface area contributed by atoms with Crippen molar-refractivity contribution in [3.8, 4) is 5.75 Å². The molecule has 1 aromatic carbocycles. The highest BCUT2D eigenvalue weighted by Gasteiger charge is 2.34. The van der Waals surface area contributed by atoms with Crippen molar-refractivity contribution < 1.29 is 24.1 Å². The van der Waals surface area contributed by atoms with Crippen molar-refractivity contribution in [2.24, 2.45) is 0 Å². The molecule has 4 N–H and O–H groups in total. The first-order chi connectivity index (χ1) is 15.3. The number of ether oxygens (including phenoxy) is 1. The molecular formula is C21H22FN5O5.